The number of hydrogen-bond acceptors (Lipinski definition) is 6. The number of carbonyl (C=O) groups is 2. The number of ether oxygens (including phenoxy) is 2. The molecule has 0 radical (unpaired) electrons. The summed E-state index contributed by atoms with van der Waals surface area (Å²) >= 11 is 0. The summed E-state index contributed by atoms with van der Waals surface area (Å²) < 4.78 is 33.1. The molecule has 0 bridgehead atoms. The van der Waals surface area contributed by atoms with Crippen LogP contribution in [-0.4, -0.2) is 46.3 Å². The van der Waals surface area contributed by atoms with Gasteiger partial charge in [0.05, 0.1) is 17.9 Å². The molecule has 8 heteroatoms. The highest BCUT2D eigenvalue weighted by Gasteiger charge is 2.11. The Kier molecular flexibility index (Phi) is 7.78. The van der Waals surface area contributed by atoms with Crippen molar-refractivity contribution >= 4 is 21.7 Å². The second kappa shape index (κ2) is 10.1. The molecular weight excluding hydrogens is 394 g/mol. The molecular formula is C21H25NO6S. The van der Waals surface area contributed by atoms with Crippen molar-refractivity contribution in [3.63, 3.8) is 0 Å². The van der Waals surface area contributed by atoms with E-state index in [1.165, 1.54) is 12.1 Å². The van der Waals surface area contributed by atoms with E-state index < -0.39 is 28.3 Å². The molecule has 0 aromatic heterocycles. The van der Waals surface area contributed by atoms with E-state index in [0.29, 0.717) is 12.2 Å². The number of sulfone groups is 1. The first-order valence-electron chi connectivity index (χ1n) is 9.04. The third-order valence-electron chi connectivity index (χ3n) is 3.97. The Morgan fingerprint density at radius 2 is 1.72 bits per heavy atom. The van der Waals surface area contributed by atoms with Crippen molar-refractivity contribution in [2.24, 2.45) is 0 Å². The van der Waals surface area contributed by atoms with Crippen LogP contribution in [0.15, 0.2) is 42.5 Å². The van der Waals surface area contributed by atoms with Gasteiger partial charge >= 0.3 is 5.97 Å². The zero-order valence-corrected chi connectivity index (χ0v) is 17.5. The lowest BCUT2D eigenvalue weighted by Crippen LogP contribution is -2.32. The molecule has 2 aromatic carbocycles. The van der Waals surface area contributed by atoms with E-state index in [-0.39, 0.29) is 17.9 Å². The van der Waals surface area contributed by atoms with Gasteiger partial charge in [0, 0.05) is 6.26 Å². The molecule has 0 aliphatic heterocycles. The summed E-state index contributed by atoms with van der Waals surface area (Å²) in [6, 6.07) is 11.9. The first kappa shape index (κ1) is 22.4. The highest BCUT2D eigenvalue weighted by molar-refractivity contribution is 7.89. The topological polar surface area (TPSA) is 98.8 Å². The third kappa shape index (κ3) is 7.95. The normalized spacial score (nSPS) is 11.0. The van der Waals surface area contributed by atoms with Crippen LogP contribution in [0.4, 0.5) is 0 Å². The third-order valence-corrected chi connectivity index (χ3v) is 4.82. The summed E-state index contributed by atoms with van der Waals surface area (Å²) in [4.78, 5) is 23.8. The molecule has 29 heavy (non-hydrogen) atoms. The number of rotatable bonds is 9. The molecule has 7 nitrogen and oxygen atoms in total. The van der Waals surface area contributed by atoms with Gasteiger partial charge < -0.3 is 14.8 Å². The average Bonchev–Trinajstić information content (AvgIpc) is 2.64. The molecule has 2 aromatic rings. The minimum atomic E-state index is -3.14. The standard InChI is InChI=1S/C21H25NO6S/c1-15-4-9-19(16(2)12-15)27-11-10-22-20(23)13-28-21(24)18-7-5-17(6-8-18)14-29(3,25)26/h4-9,12H,10-11,13-14H2,1-3H3,(H,22,23). The monoisotopic (exact) mass is 419 g/mol. The highest BCUT2D eigenvalue weighted by atomic mass is 32.2. The molecule has 0 unspecified atom stereocenters. The van der Waals surface area contributed by atoms with Crippen molar-refractivity contribution in [1.82, 2.24) is 5.32 Å². The van der Waals surface area contributed by atoms with Gasteiger partial charge in [-0.25, -0.2) is 13.2 Å². The van der Waals surface area contributed by atoms with E-state index in [9.17, 15) is 18.0 Å². The second-order valence-corrected chi connectivity index (χ2v) is 8.95. The molecule has 0 spiro atoms. The summed E-state index contributed by atoms with van der Waals surface area (Å²) in [6.07, 6.45) is 1.14. The molecule has 0 saturated heterocycles. The smallest absolute Gasteiger partial charge is 0.338 e. The van der Waals surface area contributed by atoms with Crippen molar-refractivity contribution < 1.29 is 27.5 Å². The minimum absolute atomic E-state index is 0.102. The van der Waals surface area contributed by atoms with E-state index in [0.717, 1.165) is 23.1 Å². The van der Waals surface area contributed by atoms with Crippen molar-refractivity contribution in [2.75, 3.05) is 26.0 Å². The lowest BCUT2D eigenvalue weighted by molar-refractivity contribution is -0.124. The second-order valence-electron chi connectivity index (χ2n) is 6.81. The highest BCUT2D eigenvalue weighted by Crippen LogP contribution is 2.18. The molecule has 1 N–H and O–H groups in total. The number of hydrogen-bond donors (Lipinski definition) is 1. The molecule has 0 aliphatic rings. The number of esters is 1. The van der Waals surface area contributed by atoms with Gasteiger partial charge in [0.15, 0.2) is 16.4 Å². The molecule has 2 rings (SSSR count). The first-order valence-corrected chi connectivity index (χ1v) is 11.1. The van der Waals surface area contributed by atoms with E-state index in [2.05, 4.69) is 5.32 Å². The van der Waals surface area contributed by atoms with Crippen LogP contribution in [0.3, 0.4) is 0 Å². The Balaban J connectivity index is 1.71. The predicted octanol–water partition coefficient (Wildman–Crippen LogP) is 2.20. The van der Waals surface area contributed by atoms with Gasteiger partial charge in [-0.15, -0.1) is 0 Å². The van der Waals surface area contributed by atoms with Crippen LogP contribution in [0.5, 0.6) is 5.75 Å². The van der Waals surface area contributed by atoms with Crippen LogP contribution in [0.25, 0.3) is 0 Å². The van der Waals surface area contributed by atoms with Crippen LogP contribution in [0.1, 0.15) is 27.0 Å². The maximum absolute atomic E-state index is 12.0. The molecule has 0 heterocycles. The fourth-order valence-corrected chi connectivity index (χ4v) is 3.42. The van der Waals surface area contributed by atoms with Gasteiger partial charge in [-0.2, -0.15) is 0 Å². The summed E-state index contributed by atoms with van der Waals surface area (Å²) in [5, 5.41) is 2.62. The SMILES string of the molecule is Cc1ccc(OCCNC(=O)COC(=O)c2ccc(CS(C)(=O)=O)cc2)c(C)c1. The van der Waals surface area contributed by atoms with Gasteiger partial charge in [0.2, 0.25) is 0 Å². The maximum Gasteiger partial charge on any atom is 0.338 e. The average molecular weight is 419 g/mol. The molecule has 1 amide bonds. The van der Waals surface area contributed by atoms with Crippen LogP contribution >= 0.6 is 0 Å². The summed E-state index contributed by atoms with van der Waals surface area (Å²) in [5.74, 6) is -0.431. The maximum atomic E-state index is 12.0. The molecule has 0 aliphatic carbocycles. The number of nitrogens with one attached hydrogen (secondary N) is 1. The van der Waals surface area contributed by atoms with E-state index >= 15 is 0 Å². The number of benzene rings is 2. The van der Waals surface area contributed by atoms with Crippen LogP contribution in [0.2, 0.25) is 0 Å². The van der Waals surface area contributed by atoms with E-state index in [1.807, 2.05) is 32.0 Å². The fourth-order valence-electron chi connectivity index (χ4n) is 2.62. The van der Waals surface area contributed by atoms with Gasteiger partial charge in [0.1, 0.15) is 12.4 Å². The van der Waals surface area contributed by atoms with E-state index in [4.69, 9.17) is 9.47 Å². The Morgan fingerprint density at radius 3 is 2.34 bits per heavy atom. The Labute approximate surface area is 170 Å². The van der Waals surface area contributed by atoms with E-state index in [1.54, 1.807) is 12.1 Å². The van der Waals surface area contributed by atoms with Gasteiger partial charge in [-0.3, -0.25) is 4.79 Å². The lowest BCUT2D eigenvalue weighted by Gasteiger charge is -2.11. The van der Waals surface area contributed by atoms with Gasteiger partial charge in [-0.1, -0.05) is 29.8 Å². The Morgan fingerprint density at radius 1 is 1.03 bits per heavy atom. The van der Waals surface area contributed by atoms with Crippen LogP contribution < -0.4 is 10.1 Å². The largest absolute Gasteiger partial charge is 0.491 e. The Hall–Kier alpha value is -2.87. The molecule has 0 atom stereocenters. The zero-order valence-electron chi connectivity index (χ0n) is 16.7. The van der Waals surface area contributed by atoms with Crippen molar-refractivity contribution in [3.8, 4) is 5.75 Å². The van der Waals surface area contributed by atoms with Crippen LogP contribution in [0, 0.1) is 13.8 Å². The van der Waals surface area contributed by atoms with Crippen molar-refractivity contribution in [3.05, 3.63) is 64.7 Å². The van der Waals surface area contributed by atoms with Crippen LogP contribution in [-0.2, 0) is 25.1 Å². The molecule has 156 valence electrons. The number of amides is 1. The lowest BCUT2D eigenvalue weighted by atomic mass is 10.1. The summed E-state index contributed by atoms with van der Waals surface area (Å²) in [7, 11) is -3.14. The van der Waals surface area contributed by atoms with Crippen molar-refractivity contribution in [1.29, 1.82) is 0 Å². The van der Waals surface area contributed by atoms with Crippen molar-refractivity contribution in [2.45, 2.75) is 19.6 Å². The predicted molar refractivity (Wildman–Crippen MR) is 110 cm³/mol. The summed E-state index contributed by atoms with van der Waals surface area (Å²) in [6.45, 7) is 4.12. The molecule has 0 saturated carbocycles. The minimum Gasteiger partial charge on any atom is -0.491 e. The fraction of sp³-hybridized carbons (Fsp3) is 0.333. The van der Waals surface area contributed by atoms with Gasteiger partial charge in [-0.05, 0) is 43.2 Å². The Bertz CT molecular complexity index is 967. The summed E-state index contributed by atoms with van der Waals surface area (Å²) in [5.41, 5.74) is 2.99. The molecule has 0 fully saturated rings. The zero-order chi connectivity index (χ0) is 21.4. The number of carbonyl (C=O) groups excluding carboxylic acids is 2. The first-order chi connectivity index (χ1) is 13.6. The van der Waals surface area contributed by atoms with Gasteiger partial charge in [0.25, 0.3) is 5.91 Å². The number of aryl methyl sites for hydroxylation is 2. The quantitative estimate of drug-likeness (QED) is 0.494.